The molecule has 0 aliphatic heterocycles. The van der Waals surface area contributed by atoms with E-state index in [1.165, 1.54) is 11.1 Å². The molecule has 7 nitrogen and oxygen atoms in total. The van der Waals surface area contributed by atoms with Gasteiger partial charge in [0.05, 0.1) is 19.0 Å². The number of nitrogens with zero attached hydrogens (tertiary/aromatic N) is 3. The van der Waals surface area contributed by atoms with Crippen LogP contribution < -0.4 is 10.6 Å². The van der Waals surface area contributed by atoms with Crippen LogP contribution in [0.25, 0.3) is 0 Å². The monoisotopic (exact) mass is 549 g/mol. The Labute approximate surface area is 206 Å². The molecule has 8 heteroatoms. The number of aliphatic hydroxyl groups is 1. The smallest absolute Gasteiger partial charge is 0.191 e. The van der Waals surface area contributed by atoms with E-state index in [2.05, 4.69) is 40.0 Å². The molecule has 3 N–H and O–H groups in total. The van der Waals surface area contributed by atoms with Crippen molar-refractivity contribution in [2.45, 2.75) is 44.2 Å². The lowest BCUT2D eigenvalue weighted by Gasteiger charge is -2.28. The quantitative estimate of drug-likeness (QED) is 0.240. The summed E-state index contributed by atoms with van der Waals surface area (Å²) in [4.78, 5) is 4.73. The molecule has 32 heavy (non-hydrogen) atoms. The van der Waals surface area contributed by atoms with E-state index in [9.17, 15) is 5.11 Å². The maximum absolute atomic E-state index is 10.9. The minimum absolute atomic E-state index is 0. The molecule has 3 aromatic rings. The van der Waals surface area contributed by atoms with Gasteiger partial charge in [-0.1, -0.05) is 24.3 Å². The molecule has 0 fully saturated rings. The normalized spacial score (nSPS) is 17.7. The van der Waals surface area contributed by atoms with Gasteiger partial charge in [0.2, 0.25) is 0 Å². The fourth-order valence-corrected chi connectivity index (χ4v) is 3.95. The zero-order chi connectivity index (χ0) is 21.7. The van der Waals surface area contributed by atoms with Crippen LogP contribution >= 0.6 is 24.0 Å². The second-order valence-electron chi connectivity index (χ2n) is 8.45. The van der Waals surface area contributed by atoms with Crippen LogP contribution in [-0.4, -0.2) is 40.0 Å². The van der Waals surface area contributed by atoms with Gasteiger partial charge in [0.1, 0.15) is 11.4 Å². The molecule has 0 radical (unpaired) electrons. The fraction of sp³-hybridized carbons (Fsp3) is 0.417. The average molecular weight is 549 g/mol. The Morgan fingerprint density at radius 3 is 2.81 bits per heavy atom. The number of fused-ring (bicyclic) bond motifs is 1. The third-order valence-corrected chi connectivity index (χ3v) is 5.80. The van der Waals surface area contributed by atoms with Gasteiger partial charge in [-0.25, -0.2) is 4.99 Å². The summed E-state index contributed by atoms with van der Waals surface area (Å²) in [5.41, 5.74) is 2.48. The van der Waals surface area contributed by atoms with Crippen molar-refractivity contribution in [1.29, 1.82) is 0 Å². The zero-order valence-corrected chi connectivity index (χ0v) is 21.0. The molecule has 4 rings (SSSR count). The lowest BCUT2D eigenvalue weighted by molar-refractivity contribution is 0.0671. The third kappa shape index (κ3) is 6.35. The molecule has 1 aliphatic rings. The van der Waals surface area contributed by atoms with Crippen LogP contribution in [0.15, 0.2) is 64.5 Å². The van der Waals surface area contributed by atoms with Crippen molar-refractivity contribution in [3.8, 4) is 0 Å². The molecule has 2 atom stereocenters. The van der Waals surface area contributed by atoms with Crippen molar-refractivity contribution < 1.29 is 9.52 Å². The van der Waals surface area contributed by atoms with Crippen LogP contribution in [0.1, 0.15) is 35.8 Å². The average Bonchev–Trinajstić information content (AvgIpc) is 3.44. The number of furan rings is 1. The van der Waals surface area contributed by atoms with Crippen LogP contribution in [0.5, 0.6) is 0 Å². The number of halogens is 1. The second-order valence-corrected chi connectivity index (χ2v) is 8.45. The predicted molar refractivity (Wildman–Crippen MR) is 136 cm³/mol. The summed E-state index contributed by atoms with van der Waals surface area (Å²) in [5, 5.41) is 22.1. The topological polar surface area (TPSA) is 87.6 Å². The number of guanidine groups is 1. The summed E-state index contributed by atoms with van der Waals surface area (Å²) in [6.07, 6.45) is 9.03. The van der Waals surface area contributed by atoms with Crippen molar-refractivity contribution in [2.24, 2.45) is 12.0 Å². The summed E-state index contributed by atoms with van der Waals surface area (Å²) >= 11 is 0. The van der Waals surface area contributed by atoms with Crippen LogP contribution in [0.4, 0.5) is 0 Å². The molecule has 2 aromatic heterocycles. The SMILES string of the molecule is Cn1cc(C(C)(O)CN=C(NCCc2ccco2)NC2CCc3ccccc3C2)cn1.I. The standard InChI is InChI=1S/C24H31N5O2.HI/c1-24(30,20-15-27-29(2)16-20)17-26-23(25-12-11-22-8-5-13-31-22)28-21-10-9-18-6-3-4-7-19(18)14-21;/h3-8,13,15-16,21,30H,9-12,14,17H2,1-2H3,(H2,25,26,28);1H. The lowest BCUT2D eigenvalue weighted by atomic mass is 9.88. The Bertz CT molecular complexity index is 1010. The maximum atomic E-state index is 10.9. The Balaban J connectivity index is 0.00000289. The van der Waals surface area contributed by atoms with E-state index in [1.54, 1.807) is 24.1 Å². The van der Waals surface area contributed by atoms with Crippen LogP contribution in [0.3, 0.4) is 0 Å². The number of rotatable bonds is 7. The summed E-state index contributed by atoms with van der Waals surface area (Å²) in [6, 6.07) is 12.8. The molecule has 0 saturated heterocycles. The van der Waals surface area contributed by atoms with Crippen molar-refractivity contribution in [2.75, 3.05) is 13.1 Å². The minimum atomic E-state index is -1.09. The molecular formula is C24H32IN5O2. The van der Waals surface area contributed by atoms with Crippen molar-refractivity contribution >= 4 is 29.9 Å². The van der Waals surface area contributed by atoms with Crippen LogP contribution in [-0.2, 0) is 31.9 Å². The van der Waals surface area contributed by atoms with E-state index in [1.807, 2.05) is 25.4 Å². The van der Waals surface area contributed by atoms with Crippen LogP contribution in [0.2, 0.25) is 0 Å². The Morgan fingerprint density at radius 2 is 2.09 bits per heavy atom. The van der Waals surface area contributed by atoms with Gasteiger partial charge in [-0.2, -0.15) is 5.10 Å². The Hall–Kier alpha value is -2.33. The van der Waals surface area contributed by atoms with Gasteiger partial charge in [-0.05, 0) is 49.4 Å². The first kappa shape index (κ1) is 24.3. The first-order valence-electron chi connectivity index (χ1n) is 10.8. The zero-order valence-electron chi connectivity index (χ0n) is 18.6. The number of benzene rings is 1. The number of aryl methyl sites for hydroxylation is 2. The van der Waals surface area contributed by atoms with E-state index in [0.29, 0.717) is 18.5 Å². The number of nitrogens with one attached hydrogen (secondary N) is 2. The van der Waals surface area contributed by atoms with E-state index < -0.39 is 5.60 Å². The molecule has 2 unspecified atom stereocenters. The van der Waals surface area contributed by atoms with E-state index in [4.69, 9.17) is 9.41 Å². The fourth-order valence-electron chi connectivity index (χ4n) is 3.95. The number of hydrogen-bond acceptors (Lipinski definition) is 4. The van der Waals surface area contributed by atoms with Gasteiger partial charge >= 0.3 is 0 Å². The van der Waals surface area contributed by atoms with Gasteiger partial charge in [-0.3, -0.25) is 4.68 Å². The number of aromatic nitrogens is 2. The molecule has 0 bridgehead atoms. The Morgan fingerprint density at radius 1 is 1.28 bits per heavy atom. The van der Waals surface area contributed by atoms with Gasteiger partial charge in [0, 0.05) is 37.8 Å². The molecule has 172 valence electrons. The largest absolute Gasteiger partial charge is 0.469 e. The molecule has 1 aromatic carbocycles. The molecule has 0 saturated carbocycles. The molecule has 2 heterocycles. The molecule has 1 aliphatic carbocycles. The minimum Gasteiger partial charge on any atom is -0.469 e. The van der Waals surface area contributed by atoms with E-state index in [0.717, 1.165) is 37.0 Å². The first-order chi connectivity index (χ1) is 15.0. The van der Waals surface area contributed by atoms with Gasteiger partial charge in [0.15, 0.2) is 5.96 Å². The lowest BCUT2D eigenvalue weighted by Crippen LogP contribution is -2.46. The second kappa shape index (κ2) is 11.0. The summed E-state index contributed by atoms with van der Waals surface area (Å²) in [6.45, 7) is 2.70. The predicted octanol–water partition coefficient (Wildman–Crippen LogP) is 3.17. The van der Waals surface area contributed by atoms with E-state index in [-0.39, 0.29) is 30.5 Å². The van der Waals surface area contributed by atoms with Gasteiger partial charge in [0.25, 0.3) is 0 Å². The van der Waals surface area contributed by atoms with Crippen molar-refractivity contribution in [3.05, 3.63) is 77.5 Å². The highest BCUT2D eigenvalue weighted by Crippen LogP contribution is 2.22. The van der Waals surface area contributed by atoms with Crippen molar-refractivity contribution in [3.63, 3.8) is 0 Å². The van der Waals surface area contributed by atoms with E-state index >= 15 is 0 Å². The number of hydrogen-bond donors (Lipinski definition) is 3. The highest BCUT2D eigenvalue weighted by atomic mass is 127. The third-order valence-electron chi connectivity index (χ3n) is 5.80. The molecule has 0 spiro atoms. The summed E-state index contributed by atoms with van der Waals surface area (Å²) in [7, 11) is 1.84. The molecular weight excluding hydrogens is 517 g/mol. The molecule has 0 amide bonds. The first-order valence-corrected chi connectivity index (χ1v) is 10.8. The van der Waals surface area contributed by atoms with Gasteiger partial charge < -0.3 is 20.2 Å². The van der Waals surface area contributed by atoms with Crippen LogP contribution in [0, 0.1) is 0 Å². The Kier molecular flexibility index (Phi) is 8.36. The summed E-state index contributed by atoms with van der Waals surface area (Å²) < 4.78 is 7.12. The number of aliphatic imine (C=N–C) groups is 1. The van der Waals surface area contributed by atoms with Gasteiger partial charge in [-0.15, -0.1) is 24.0 Å². The summed E-state index contributed by atoms with van der Waals surface area (Å²) in [5.74, 6) is 1.64. The highest BCUT2D eigenvalue weighted by Gasteiger charge is 2.25. The van der Waals surface area contributed by atoms with Crippen molar-refractivity contribution in [1.82, 2.24) is 20.4 Å². The highest BCUT2D eigenvalue weighted by molar-refractivity contribution is 14.0. The maximum Gasteiger partial charge on any atom is 0.191 e.